The molecule has 118 valence electrons. The third kappa shape index (κ3) is 4.76. The minimum atomic E-state index is -0.148. The lowest BCUT2D eigenvalue weighted by molar-refractivity contribution is 0.0928. The molecule has 1 amide bonds. The molecule has 22 heavy (non-hydrogen) atoms. The van der Waals surface area contributed by atoms with Crippen LogP contribution in [0.2, 0.25) is 0 Å². The predicted octanol–water partition coefficient (Wildman–Crippen LogP) is 0.969. The van der Waals surface area contributed by atoms with Crippen LogP contribution >= 0.6 is 0 Å². The molecule has 0 unspecified atom stereocenters. The quantitative estimate of drug-likeness (QED) is 0.489. The molecule has 1 fully saturated rings. The lowest BCUT2D eigenvalue weighted by Crippen LogP contribution is -2.36. The van der Waals surface area contributed by atoms with Crippen molar-refractivity contribution < 1.29 is 4.79 Å². The van der Waals surface area contributed by atoms with Gasteiger partial charge in [0.05, 0.1) is 5.69 Å². The van der Waals surface area contributed by atoms with E-state index in [2.05, 4.69) is 15.3 Å². The van der Waals surface area contributed by atoms with E-state index in [4.69, 9.17) is 17.2 Å². The van der Waals surface area contributed by atoms with Gasteiger partial charge in [0.2, 0.25) is 5.96 Å². The maximum Gasteiger partial charge on any atom is 0.251 e. The zero-order chi connectivity index (χ0) is 15.9. The van der Waals surface area contributed by atoms with Crippen molar-refractivity contribution in [3.8, 4) is 0 Å². The van der Waals surface area contributed by atoms with Gasteiger partial charge in [-0.05, 0) is 37.1 Å². The molecule has 0 aromatic heterocycles. The Morgan fingerprint density at radius 3 is 2.27 bits per heavy atom. The van der Waals surface area contributed by atoms with E-state index in [1.165, 1.54) is 19.3 Å². The normalized spacial score (nSPS) is 16.1. The smallest absolute Gasteiger partial charge is 0.251 e. The van der Waals surface area contributed by atoms with Crippen molar-refractivity contribution >= 4 is 23.5 Å². The third-order valence-corrected chi connectivity index (χ3v) is 3.56. The number of amides is 1. The molecule has 1 aliphatic rings. The highest BCUT2D eigenvalue weighted by molar-refractivity contribution is 5.95. The van der Waals surface area contributed by atoms with Crippen molar-refractivity contribution in [2.24, 2.45) is 27.2 Å². The third-order valence-electron chi connectivity index (χ3n) is 3.56. The van der Waals surface area contributed by atoms with E-state index in [1.54, 1.807) is 24.3 Å². The molecular formula is C15H22N6O. The summed E-state index contributed by atoms with van der Waals surface area (Å²) in [5.41, 5.74) is 17.2. The number of nitrogens with two attached hydrogens (primary N) is 3. The topological polar surface area (TPSA) is 132 Å². The molecule has 7 heteroatoms. The fourth-order valence-electron chi connectivity index (χ4n) is 2.49. The van der Waals surface area contributed by atoms with E-state index < -0.39 is 0 Å². The second kappa shape index (κ2) is 7.44. The Bertz CT molecular complexity index is 568. The fraction of sp³-hybridized carbons (Fsp3) is 0.400. The Labute approximate surface area is 129 Å². The van der Waals surface area contributed by atoms with Gasteiger partial charge in [0.25, 0.3) is 5.91 Å². The Morgan fingerprint density at radius 1 is 1.05 bits per heavy atom. The predicted molar refractivity (Wildman–Crippen MR) is 87.9 cm³/mol. The van der Waals surface area contributed by atoms with Gasteiger partial charge >= 0.3 is 0 Å². The first-order valence-electron chi connectivity index (χ1n) is 7.39. The standard InChI is InChI=1S/C15H22N6O/c16-14(17)21-15(18)20-12-8-6-10(7-9-12)13(22)19-11-4-2-1-3-5-11/h6-9,11H,1-5H2,(H,19,22)(H6,16,17,18,20,21). The van der Waals surface area contributed by atoms with Crippen LogP contribution in [0.15, 0.2) is 34.3 Å². The van der Waals surface area contributed by atoms with Gasteiger partial charge in [-0.2, -0.15) is 4.99 Å². The van der Waals surface area contributed by atoms with E-state index >= 15 is 0 Å². The second-order valence-corrected chi connectivity index (χ2v) is 5.36. The van der Waals surface area contributed by atoms with Crippen molar-refractivity contribution in [3.63, 3.8) is 0 Å². The minimum absolute atomic E-state index is 0.0283. The number of nitrogens with one attached hydrogen (secondary N) is 1. The van der Waals surface area contributed by atoms with Crippen LogP contribution in [-0.2, 0) is 0 Å². The first-order valence-corrected chi connectivity index (χ1v) is 7.39. The molecule has 0 saturated heterocycles. The van der Waals surface area contributed by atoms with Crippen molar-refractivity contribution in [2.75, 3.05) is 0 Å². The summed E-state index contributed by atoms with van der Waals surface area (Å²) in [4.78, 5) is 19.8. The number of aliphatic imine (C=N–C) groups is 2. The average Bonchev–Trinajstić information content (AvgIpc) is 2.48. The van der Waals surface area contributed by atoms with E-state index in [0.29, 0.717) is 11.3 Å². The van der Waals surface area contributed by atoms with Gasteiger partial charge < -0.3 is 22.5 Å². The van der Waals surface area contributed by atoms with E-state index in [0.717, 1.165) is 12.8 Å². The lowest BCUT2D eigenvalue weighted by Gasteiger charge is -2.22. The molecule has 2 rings (SSSR count). The molecule has 1 saturated carbocycles. The van der Waals surface area contributed by atoms with Crippen LogP contribution in [0.1, 0.15) is 42.5 Å². The fourth-order valence-corrected chi connectivity index (χ4v) is 2.49. The zero-order valence-electron chi connectivity index (χ0n) is 12.5. The molecule has 0 bridgehead atoms. The highest BCUT2D eigenvalue weighted by Gasteiger charge is 2.16. The molecule has 0 heterocycles. The zero-order valence-corrected chi connectivity index (χ0v) is 12.5. The monoisotopic (exact) mass is 302 g/mol. The first-order chi connectivity index (χ1) is 10.5. The molecule has 1 aromatic rings. The van der Waals surface area contributed by atoms with E-state index in [1.807, 2.05) is 0 Å². The Balaban J connectivity index is 1.99. The van der Waals surface area contributed by atoms with Gasteiger partial charge in [0, 0.05) is 11.6 Å². The average molecular weight is 302 g/mol. The second-order valence-electron chi connectivity index (χ2n) is 5.36. The van der Waals surface area contributed by atoms with E-state index in [-0.39, 0.29) is 23.9 Å². The molecule has 0 atom stereocenters. The lowest BCUT2D eigenvalue weighted by atomic mass is 9.95. The Hall–Kier alpha value is -2.57. The summed E-state index contributed by atoms with van der Waals surface area (Å²) in [7, 11) is 0. The van der Waals surface area contributed by atoms with Crippen LogP contribution in [0.5, 0.6) is 0 Å². The van der Waals surface area contributed by atoms with Crippen LogP contribution < -0.4 is 22.5 Å². The van der Waals surface area contributed by atoms with Crippen LogP contribution in [0.25, 0.3) is 0 Å². The molecule has 1 aliphatic carbocycles. The van der Waals surface area contributed by atoms with Crippen LogP contribution in [0.4, 0.5) is 5.69 Å². The first kappa shape index (κ1) is 15.8. The van der Waals surface area contributed by atoms with Gasteiger partial charge in [-0.15, -0.1) is 0 Å². The number of carbonyl (C=O) groups is 1. The number of carbonyl (C=O) groups excluding carboxylic acids is 1. The molecular weight excluding hydrogens is 280 g/mol. The number of nitrogens with zero attached hydrogens (tertiary/aromatic N) is 2. The summed E-state index contributed by atoms with van der Waals surface area (Å²) >= 11 is 0. The van der Waals surface area contributed by atoms with Gasteiger partial charge in [-0.1, -0.05) is 19.3 Å². The van der Waals surface area contributed by atoms with Gasteiger partial charge in [-0.3, -0.25) is 4.79 Å². The van der Waals surface area contributed by atoms with Gasteiger partial charge in [-0.25, -0.2) is 4.99 Å². The molecule has 7 N–H and O–H groups in total. The maximum atomic E-state index is 12.2. The van der Waals surface area contributed by atoms with Gasteiger partial charge in [0.1, 0.15) is 0 Å². The number of hydrogen-bond acceptors (Lipinski definition) is 2. The van der Waals surface area contributed by atoms with E-state index in [9.17, 15) is 4.79 Å². The summed E-state index contributed by atoms with van der Waals surface area (Å²) in [5.74, 6) is -0.233. The SMILES string of the molecule is NC(N)=NC(N)=Nc1ccc(C(=O)NC2CCCCC2)cc1. The number of rotatable bonds is 3. The number of benzene rings is 1. The maximum absolute atomic E-state index is 12.2. The van der Waals surface area contributed by atoms with Crippen molar-refractivity contribution in [2.45, 2.75) is 38.1 Å². The Morgan fingerprint density at radius 2 is 1.68 bits per heavy atom. The highest BCUT2D eigenvalue weighted by Crippen LogP contribution is 2.18. The number of hydrogen-bond donors (Lipinski definition) is 4. The highest BCUT2D eigenvalue weighted by atomic mass is 16.1. The molecule has 0 radical (unpaired) electrons. The van der Waals surface area contributed by atoms with Gasteiger partial charge in [0.15, 0.2) is 5.96 Å². The molecule has 7 nitrogen and oxygen atoms in total. The molecule has 1 aromatic carbocycles. The van der Waals surface area contributed by atoms with Crippen LogP contribution in [-0.4, -0.2) is 23.9 Å². The summed E-state index contributed by atoms with van der Waals surface area (Å²) in [6.45, 7) is 0. The molecule has 0 spiro atoms. The van der Waals surface area contributed by atoms with Crippen LogP contribution in [0.3, 0.4) is 0 Å². The number of guanidine groups is 2. The van der Waals surface area contributed by atoms with Crippen molar-refractivity contribution in [1.29, 1.82) is 0 Å². The minimum Gasteiger partial charge on any atom is -0.370 e. The summed E-state index contributed by atoms with van der Waals surface area (Å²) in [6, 6.07) is 7.10. The van der Waals surface area contributed by atoms with Crippen molar-refractivity contribution in [3.05, 3.63) is 29.8 Å². The summed E-state index contributed by atoms with van der Waals surface area (Å²) in [6.07, 6.45) is 5.74. The Kier molecular flexibility index (Phi) is 5.35. The summed E-state index contributed by atoms with van der Waals surface area (Å²) < 4.78 is 0. The largest absolute Gasteiger partial charge is 0.370 e. The van der Waals surface area contributed by atoms with Crippen LogP contribution in [0, 0.1) is 0 Å². The van der Waals surface area contributed by atoms with Crippen molar-refractivity contribution in [1.82, 2.24) is 5.32 Å². The molecule has 0 aliphatic heterocycles. The summed E-state index contributed by atoms with van der Waals surface area (Å²) in [5, 5.41) is 3.07.